The van der Waals surface area contributed by atoms with E-state index < -0.39 is 0 Å². The number of nitrogens with one attached hydrogen (secondary N) is 3. The molecule has 1 aromatic carbocycles. The van der Waals surface area contributed by atoms with E-state index >= 15 is 0 Å². The second kappa shape index (κ2) is 7.21. The van der Waals surface area contributed by atoms with E-state index in [1.807, 2.05) is 51.2 Å². The number of aryl methyl sites for hydroxylation is 1. The molecule has 2 heterocycles. The van der Waals surface area contributed by atoms with E-state index in [0.29, 0.717) is 6.54 Å². The summed E-state index contributed by atoms with van der Waals surface area (Å²) in [5.41, 5.74) is 5.12. The van der Waals surface area contributed by atoms with Crippen LogP contribution in [-0.2, 0) is 13.6 Å². The molecule has 0 unspecified atom stereocenters. The van der Waals surface area contributed by atoms with Crippen molar-refractivity contribution in [3.8, 4) is 11.3 Å². The van der Waals surface area contributed by atoms with Crippen molar-refractivity contribution in [1.29, 1.82) is 0 Å². The van der Waals surface area contributed by atoms with Gasteiger partial charge in [-0.25, -0.2) is 4.79 Å². The first-order valence-electron chi connectivity index (χ1n) is 8.16. The normalized spacial score (nSPS) is 12.0. The molecule has 0 bridgehead atoms. The van der Waals surface area contributed by atoms with Gasteiger partial charge in [-0.05, 0) is 31.0 Å². The molecule has 3 rings (SSSR count). The third-order valence-corrected chi connectivity index (χ3v) is 4.31. The number of nitrogens with zero attached hydrogens (tertiary/aromatic N) is 3. The fourth-order valence-electron chi connectivity index (χ4n) is 2.67. The smallest absolute Gasteiger partial charge is 0.315 e. The molecule has 7 heteroatoms. The van der Waals surface area contributed by atoms with Crippen molar-refractivity contribution in [3.63, 3.8) is 0 Å². The molecular formula is C18H22N6O. The summed E-state index contributed by atoms with van der Waals surface area (Å²) in [5.74, 6) is 0. The van der Waals surface area contributed by atoms with Gasteiger partial charge in [0.2, 0.25) is 0 Å². The summed E-state index contributed by atoms with van der Waals surface area (Å²) >= 11 is 0. The number of H-pyrrole nitrogens is 1. The predicted octanol–water partition coefficient (Wildman–Crippen LogP) is 2.68. The van der Waals surface area contributed by atoms with E-state index in [1.54, 1.807) is 17.1 Å². The number of hydrogen-bond donors (Lipinski definition) is 3. The van der Waals surface area contributed by atoms with Gasteiger partial charge in [-0.1, -0.05) is 24.3 Å². The molecule has 2 amide bonds. The first-order valence-corrected chi connectivity index (χ1v) is 8.16. The molecule has 25 heavy (non-hydrogen) atoms. The Morgan fingerprint density at radius 2 is 2.04 bits per heavy atom. The molecule has 0 radical (unpaired) electrons. The SMILES string of the molecule is Cc1c([C@@H](C)NC(=O)NCc2ccc(-c3ccn[nH]3)cc2)cnn1C. The maximum Gasteiger partial charge on any atom is 0.315 e. The minimum atomic E-state index is -0.201. The highest BCUT2D eigenvalue weighted by atomic mass is 16.2. The molecule has 0 spiro atoms. The van der Waals surface area contributed by atoms with Gasteiger partial charge in [0.1, 0.15) is 0 Å². The van der Waals surface area contributed by atoms with Crippen LogP contribution in [0, 0.1) is 6.92 Å². The second-order valence-electron chi connectivity index (χ2n) is 6.02. The number of hydrogen-bond acceptors (Lipinski definition) is 3. The Labute approximate surface area is 146 Å². The van der Waals surface area contributed by atoms with E-state index in [-0.39, 0.29) is 12.1 Å². The van der Waals surface area contributed by atoms with E-state index in [0.717, 1.165) is 28.1 Å². The lowest BCUT2D eigenvalue weighted by Crippen LogP contribution is -2.36. The highest BCUT2D eigenvalue weighted by Gasteiger charge is 2.14. The van der Waals surface area contributed by atoms with Gasteiger partial charge in [0.15, 0.2) is 0 Å². The first-order chi connectivity index (χ1) is 12.0. The van der Waals surface area contributed by atoms with E-state index in [1.165, 1.54) is 0 Å². The van der Waals surface area contributed by atoms with Crippen LogP contribution >= 0.6 is 0 Å². The van der Waals surface area contributed by atoms with Gasteiger partial charge in [0.25, 0.3) is 0 Å². The number of urea groups is 1. The molecule has 0 fully saturated rings. The highest BCUT2D eigenvalue weighted by Crippen LogP contribution is 2.17. The fourth-order valence-corrected chi connectivity index (χ4v) is 2.67. The molecule has 3 N–H and O–H groups in total. The van der Waals surface area contributed by atoms with Crippen molar-refractivity contribution >= 4 is 6.03 Å². The minimum absolute atomic E-state index is 0.101. The number of benzene rings is 1. The van der Waals surface area contributed by atoms with Crippen molar-refractivity contribution in [2.75, 3.05) is 0 Å². The summed E-state index contributed by atoms with van der Waals surface area (Å²) in [6.07, 6.45) is 3.51. The molecule has 3 aromatic rings. The predicted molar refractivity (Wildman–Crippen MR) is 95.8 cm³/mol. The lowest BCUT2D eigenvalue weighted by atomic mass is 10.1. The summed E-state index contributed by atoms with van der Waals surface area (Å²) in [6, 6.07) is 9.61. The highest BCUT2D eigenvalue weighted by molar-refractivity contribution is 5.74. The number of carbonyl (C=O) groups excluding carboxylic acids is 1. The molecule has 0 saturated heterocycles. The largest absolute Gasteiger partial charge is 0.334 e. The fraction of sp³-hybridized carbons (Fsp3) is 0.278. The standard InChI is InChI=1S/C18H22N6O/c1-12(16-11-21-24(3)13(16)2)22-18(25)19-10-14-4-6-15(7-5-14)17-8-9-20-23-17/h4-9,11-12H,10H2,1-3H3,(H,20,23)(H2,19,22,25)/t12-/m1/s1. The average molecular weight is 338 g/mol. The van der Waals surface area contributed by atoms with Crippen molar-refractivity contribution in [1.82, 2.24) is 30.6 Å². The van der Waals surface area contributed by atoms with Crippen LogP contribution < -0.4 is 10.6 Å². The Morgan fingerprint density at radius 1 is 1.28 bits per heavy atom. The molecular weight excluding hydrogens is 316 g/mol. The van der Waals surface area contributed by atoms with Gasteiger partial charge >= 0.3 is 6.03 Å². The van der Waals surface area contributed by atoms with Crippen molar-refractivity contribution in [2.24, 2.45) is 7.05 Å². The summed E-state index contributed by atoms with van der Waals surface area (Å²) in [5, 5.41) is 16.9. The topological polar surface area (TPSA) is 87.6 Å². The monoisotopic (exact) mass is 338 g/mol. The molecule has 0 aliphatic carbocycles. The molecule has 130 valence electrons. The molecule has 0 aliphatic rings. The van der Waals surface area contributed by atoms with Gasteiger partial charge in [-0.15, -0.1) is 0 Å². The van der Waals surface area contributed by atoms with Crippen LogP contribution in [0.15, 0.2) is 42.7 Å². The van der Waals surface area contributed by atoms with Crippen LogP contribution in [0.1, 0.15) is 29.8 Å². The van der Waals surface area contributed by atoms with Crippen LogP contribution in [0.25, 0.3) is 11.3 Å². The molecule has 1 atom stereocenters. The van der Waals surface area contributed by atoms with Crippen LogP contribution in [0.4, 0.5) is 4.79 Å². The number of carbonyl (C=O) groups is 1. The maximum absolute atomic E-state index is 12.1. The van der Waals surface area contributed by atoms with Gasteiger partial charge < -0.3 is 10.6 Å². The van der Waals surface area contributed by atoms with Crippen molar-refractivity contribution in [3.05, 3.63) is 59.5 Å². The van der Waals surface area contributed by atoms with Gasteiger partial charge in [0.05, 0.1) is 17.9 Å². The zero-order valence-electron chi connectivity index (χ0n) is 14.6. The Morgan fingerprint density at radius 3 is 2.64 bits per heavy atom. The summed E-state index contributed by atoms with van der Waals surface area (Å²) < 4.78 is 1.80. The van der Waals surface area contributed by atoms with Gasteiger partial charge in [-0.3, -0.25) is 9.78 Å². The van der Waals surface area contributed by atoms with E-state index in [2.05, 4.69) is 25.9 Å². The van der Waals surface area contributed by atoms with E-state index in [9.17, 15) is 4.79 Å². The lowest BCUT2D eigenvalue weighted by Gasteiger charge is -2.14. The number of amides is 2. The number of rotatable bonds is 5. The van der Waals surface area contributed by atoms with Gasteiger partial charge in [-0.2, -0.15) is 10.2 Å². The minimum Gasteiger partial charge on any atom is -0.334 e. The summed E-state index contributed by atoms with van der Waals surface area (Å²) in [4.78, 5) is 12.1. The van der Waals surface area contributed by atoms with Gasteiger partial charge in [0, 0.05) is 31.0 Å². The third-order valence-electron chi connectivity index (χ3n) is 4.31. The Kier molecular flexibility index (Phi) is 4.83. The quantitative estimate of drug-likeness (QED) is 0.668. The van der Waals surface area contributed by atoms with Crippen LogP contribution in [0.5, 0.6) is 0 Å². The van der Waals surface area contributed by atoms with Crippen molar-refractivity contribution in [2.45, 2.75) is 26.4 Å². The van der Waals surface area contributed by atoms with Crippen LogP contribution in [0.2, 0.25) is 0 Å². The molecule has 2 aromatic heterocycles. The average Bonchev–Trinajstić information content (AvgIpc) is 3.25. The summed E-state index contributed by atoms with van der Waals surface area (Å²) in [6.45, 7) is 4.40. The third kappa shape index (κ3) is 3.88. The Bertz CT molecular complexity index is 835. The van der Waals surface area contributed by atoms with E-state index in [4.69, 9.17) is 0 Å². The lowest BCUT2D eigenvalue weighted by molar-refractivity contribution is 0.237. The van der Waals surface area contributed by atoms with Crippen LogP contribution in [0.3, 0.4) is 0 Å². The second-order valence-corrected chi connectivity index (χ2v) is 6.02. The Balaban J connectivity index is 1.53. The number of aromatic amines is 1. The van der Waals surface area contributed by atoms with Crippen LogP contribution in [-0.4, -0.2) is 26.0 Å². The molecule has 7 nitrogen and oxygen atoms in total. The zero-order chi connectivity index (χ0) is 17.8. The first kappa shape index (κ1) is 16.8. The summed E-state index contributed by atoms with van der Waals surface area (Å²) in [7, 11) is 1.89. The zero-order valence-corrected chi connectivity index (χ0v) is 14.6. The number of aromatic nitrogens is 4. The molecule has 0 aliphatic heterocycles. The molecule has 0 saturated carbocycles. The maximum atomic E-state index is 12.1. The van der Waals surface area contributed by atoms with Crippen molar-refractivity contribution < 1.29 is 4.79 Å². The Hall–Kier alpha value is -3.09.